The fourth-order valence-electron chi connectivity index (χ4n) is 3.28. The Labute approximate surface area is 160 Å². The molecule has 3 heterocycles. The number of β-lactam (4-membered cyclic amide) rings is 1. The molecule has 3 rings (SSSR count). The summed E-state index contributed by atoms with van der Waals surface area (Å²) in [6.07, 6.45) is -4.84. The van der Waals surface area contributed by atoms with Crippen LogP contribution in [0.25, 0.3) is 0 Å². The number of aromatic nitrogens is 2. The summed E-state index contributed by atoms with van der Waals surface area (Å²) in [5, 5.41) is 13.4. The molecule has 27 heavy (non-hydrogen) atoms. The number of halogens is 4. The molecule has 2 aliphatic rings. The Bertz CT molecular complexity index is 856. The molecule has 2 aliphatic heterocycles. The molecule has 148 valence electrons. The Morgan fingerprint density at radius 1 is 1.37 bits per heavy atom. The van der Waals surface area contributed by atoms with Gasteiger partial charge in [0.05, 0.1) is 0 Å². The van der Waals surface area contributed by atoms with E-state index >= 15 is 0 Å². The normalized spacial score (nSPS) is 26.6. The third-order valence-corrected chi connectivity index (χ3v) is 6.36. The van der Waals surface area contributed by atoms with Crippen LogP contribution in [-0.4, -0.2) is 59.8 Å². The van der Waals surface area contributed by atoms with Crippen molar-refractivity contribution in [2.45, 2.75) is 42.2 Å². The molecular weight excluding hydrogens is 413 g/mol. The molecule has 8 nitrogen and oxygen atoms in total. The first kappa shape index (κ1) is 19.8. The van der Waals surface area contributed by atoms with Crippen molar-refractivity contribution < 1.29 is 32.7 Å². The maximum absolute atomic E-state index is 12.9. The van der Waals surface area contributed by atoms with Gasteiger partial charge in [-0.25, -0.2) is 4.79 Å². The Morgan fingerprint density at radius 2 is 1.96 bits per heavy atom. The molecule has 1 aromatic rings. The van der Waals surface area contributed by atoms with Crippen LogP contribution in [0.3, 0.4) is 0 Å². The highest BCUT2D eigenvalue weighted by Crippen LogP contribution is 2.50. The molecule has 0 aliphatic carbocycles. The number of nitrogens with one attached hydrogen (secondary N) is 1. The van der Waals surface area contributed by atoms with E-state index < -0.39 is 62.6 Å². The number of hydrogen-bond acceptors (Lipinski definition) is 5. The summed E-state index contributed by atoms with van der Waals surface area (Å²) in [5.41, 5.74) is -1.94. The van der Waals surface area contributed by atoms with Crippen molar-refractivity contribution in [2.24, 2.45) is 7.05 Å². The monoisotopic (exact) mass is 426 g/mol. The maximum Gasteiger partial charge on any atom is 0.436 e. The van der Waals surface area contributed by atoms with E-state index in [1.54, 1.807) is 13.8 Å². The van der Waals surface area contributed by atoms with Crippen LogP contribution in [0.2, 0.25) is 5.02 Å². The zero-order valence-corrected chi connectivity index (χ0v) is 15.7. The molecule has 2 saturated heterocycles. The van der Waals surface area contributed by atoms with Crippen LogP contribution in [0.4, 0.5) is 13.2 Å². The van der Waals surface area contributed by atoms with E-state index in [-0.39, 0.29) is 0 Å². The van der Waals surface area contributed by atoms with Crippen LogP contribution in [0.15, 0.2) is 0 Å². The Kier molecular flexibility index (Phi) is 4.42. The van der Waals surface area contributed by atoms with E-state index in [0.29, 0.717) is 4.68 Å². The maximum atomic E-state index is 12.9. The molecule has 2 N–H and O–H groups in total. The van der Waals surface area contributed by atoms with Crippen LogP contribution in [0, 0.1) is 0 Å². The smallest absolute Gasteiger partial charge is 0.436 e. The highest BCUT2D eigenvalue weighted by atomic mass is 35.5. The van der Waals surface area contributed by atoms with Gasteiger partial charge in [0.2, 0.25) is 5.91 Å². The van der Waals surface area contributed by atoms with Crippen molar-refractivity contribution in [2.75, 3.05) is 0 Å². The zero-order valence-electron chi connectivity index (χ0n) is 14.2. The fraction of sp³-hybridized carbons (Fsp3) is 0.571. The third kappa shape index (κ3) is 2.94. The van der Waals surface area contributed by atoms with Gasteiger partial charge in [0, 0.05) is 11.8 Å². The van der Waals surface area contributed by atoms with Gasteiger partial charge in [-0.2, -0.15) is 18.3 Å². The van der Waals surface area contributed by atoms with Gasteiger partial charge in [-0.05, 0) is 13.8 Å². The topological polar surface area (TPSA) is 105 Å². The van der Waals surface area contributed by atoms with Crippen LogP contribution in [0.5, 0.6) is 0 Å². The predicted molar refractivity (Wildman–Crippen MR) is 88.2 cm³/mol. The van der Waals surface area contributed by atoms with E-state index in [4.69, 9.17) is 11.6 Å². The van der Waals surface area contributed by atoms with Gasteiger partial charge in [-0.1, -0.05) is 11.6 Å². The fourth-order valence-corrected chi connectivity index (χ4v) is 5.26. The lowest BCUT2D eigenvalue weighted by atomic mass is 9.96. The van der Waals surface area contributed by atoms with E-state index in [1.807, 2.05) is 0 Å². The molecule has 0 bridgehead atoms. The number of fused-ring (bicyclic) bond motifs is 1. The van der Waals surface area contributed by atoms with Gasteiger partial charge in [0.15, 0.2) is 5.69 Å². The molecule has 0 unspecified atom stereocenters. The van der Waals surface area contributed by atoms with Gasteiger partial charge < -0.3 is 15.3 Å². The van der Waals surface area contributed by atoms with Crippen LogP contribution >= 0.6 is 23.4 Å². The summed E-state index contributed by atoms with van der Waals surface area (Å²) in [6, 6.07) is -2.13. The van der Waals surface area contributed by atoms with E-state index in [2.05, 4.69) is 10.4 Å². The zero-order chi connectivity index (χ0) is 20.5. The number of carbonyl (C=O) groups is 3. The average Bonchev–Trinajstić information content (AvgIpc) is 2.95. The average molecular weight is 427 g/mol. The number of carbonyl (C=O) groups excluding carboxylic acids is 2. The first-order chi connectivity index (χ1) is 12.3. The lowest BCUT2D eigenvalue weighted by Gasteiger charge is -2.43. The summed E-state index contributed by atoms with van der Waals surface area (Å²) in [4.78, 5) is 37.4. The van der Waals surface area contributed by atoms with Gasteiger partial charge in [0.1, 0.15) is 28.2 Å². The largest absolute Gasteiger partial charge is 0.480 e. The molecule has 2 amide bonds. The summed E-state index contributed by atoms with van der Waals surface area (Å²) in [6.45, 7) is 3.32. The standard InChI is InChI=1S/C14H14ClF3N4O4S/c1-13(2)8(12(25)26)22-10(24)5(11(22)27-13)19-9(23)6-4(15)7(14(16,17)18)20-21(6)3/h5,8,11H,1-3H3,(H,19,23)(H,25,26)/t5-,8+,11-/m1/s1. The van der Waals surface area contributed by atoms with E-state index in [9.17, 15) is 32.7 Å². The molecule has 13 heteroatoms. The highest BCUT2D eigenvalue weighted by Gasteiger charge is 2.64. The second-order valence-corrected chi connectivity index (χ2v) is 8.83. The number of amides is 2. The van der Waals surface area contributed by atoms with Crippen LogP contribution < -0.4 is 5.32 Å². The van der Waals surface area contributed by atoms with Crippen molar-refractivity contribution in [1.82, 2.24) is 20.0 Å². The summed E-state index contributed by atoms with van der Waals surface area (Å²) < 4.78 is 38.5. The molecule has 0 saturated carbocycles. The van der Waals surface area contributed by atoms with E-state index in [0.717, 1.165) is 11.9 Å². The minimum atomic E-state index is -4.84. The lowest BCUT2D eigenvalue weighted by molar-refractivity contribution is -0.159. The van der Waals surface area contributed by atoms with E-state index in [1.165, 1.54) is 11.8 Å². The Balaban J connectivity index is 1.83. The number of aryl methyl sites for hydroxylation is 1. The number of thioether (sulfide) groups is 1. The first-order valence-electron chi connectivity index (χ1n) is 7.60. The molecule has 0 radical (unpaired) electrons. The highest BCUT2D eigenvalue weighted by molar-refractivity contribution is 8.01. The molecule has 3 atom stereocenters. The predicted octanol–water partition coefficient (Wildman–Crippen LogP) is 1.34. The van der Waals surface area contributed by atoms with Crippen molar-refractivity contribution in [1.29, 1.82) is 0 Å². The molecule has 2 fully saturated rings. The second-order valence-electron chi connectivity index (χ2n) is 6.68. The van der Waals surface area contributed by atoms with Gasteiger partial charge >= 0.3 is 12.1 Å². The van der Waals surface area contributed by atoms with Gasteiger partial charge in [-0.3, -0.25) is 14.3 Å². The second kappa shape index (κ2) is 6.03. The quantitative estimate of drug-likeness (QED) is 0.707. The van der Waals surface area contributed by atoms with Crippen molar-refractivity contribution >= 4 is 41.1 Å². The van der Waals surface area contributed by atoms with Crippen LogP contribution in [-0.2, 0) is 22.8 Å². The first-order valence-corrected chi connectivity index (χ1v) is 8.86. The molecule has 0 spiro atoms. The number of alkyl halides is 3. The Morgan fingerprint density at radius 3 is 2.44 bits per heavy atom. The minimum absolute atomic E-state index is 0.535. The summed E-state index contributed by atoms with van der Waals surface area (Å²) in [5.74, 6) is -2.79. The van der Waals surface area contributed by atoms with Crippen LogP contribution in [0.1, 0.15) is 30.0 Å². The summed E-state index contributed by atoms with van der Waals surface area (Å²) >= 11 is 6.86. The number of carboxylic acids is 1. The number of nitrogens with zero attached hydrogens (tertiary/aromatic N) is 3. The molecule has 1 aromatic heterocycles. The number of carboxylic acid groups (broad SMARTS) is 1. The van der Waals surface area contributed by atoms with Crippen molar-refractivity contribution in [3.05, 3.63) is 16.4 Å². The lowest BCUT2D eigenvalue weighted by Crippen LogP contribution is -2.70. The number of rotatable bonds is 3. The number of aliphatic carboxylic acids is 1. The molecule has 0 aromatic carbocycles. The number of hydrogen-bond donors (Lipinski definition) is 2. The van der Waals surface area contributed by atoms with Gasteiger partial charge in [0.25, 0.3) is 5.91 Å². The summed E-state index contributed by atoms with van der Waals surface area (Å²) in [7, 11) is 1.12. The van der Waals surface area contributed by atoms with Crippen molar-refractivity contribution in [3.63, 3.8) is 0 Å². The molecular formula is C14H14ClF3N4O4S. The van der Waals surface area contributed by atoms with Gasteiger partial charge in [-0.15, -0.1) is 11.8 Å². The van der Waals surface area contributed by atoms with Crippen molar-refractivity contribution in [3.8, 4) is 0 Å². The Hall–Kier alpha value is -1.95. The SMILES string of the molecule is Cn1nc(C(F)(F)F)c(Cl)c1C(=O)N[C@@H]1C(=O)N2[C@@H]1SC(C)(C)[C@@H]2C(=O)O. The third-order valence-electron chi connectivity index (χ3n) is 4.43. The minimum Gasteiger partial charge on any atom is -0.480 e.